The van der Waals surface area contributed by atoms with E-state index in [1.54, 1.807) is 50.2 Å². The van der Waals surface area contributed by atoms with E-state index >= 15 is 0 Å². The number of hydrogen-bond donors (Lipinski definition) is 9. The van der Waals surface area contributed by atoms with Gasteiger partial charge in [0, 0.05) is 29.6 Å². The quantitative estimate of drug-likeness (QED) is 0.0387. The summed E-state index contributed by atoms with van der Waals surface area (Å²) in [6.07, 6.45) is 5.10. The average Bonchev–Trinajstić information content (AvgIpc) is 3.89. The van der Waals surface area contributed by atoms with Crippen molar-refractivity contribution in [2.45, 2.75) is 113 Å². The molecule has 3 aromatic rings. The highest BCUT2D eigenvalue weighted by molar-refractivity contribution is 7.81. The van der Waals surface area contributed by atoms with Crippen LogP contribution in [0.2, 0.25) is 0 Å². The van der Waals surface area contributed by atoms with E-state index in [4.69, 9.17) is 21.6 Å². The van der Waals surface area contributed by atoms with Crippen molar-refractivity contribution in [3.8, 4) is 5.75 Å². The molecule has 17 nitrogen and oxygen atoms in total. The lowest BCUT2D eigenvalue weighted by atomic mass is 9.83. The number of hydrogen-bond acceptors (Lipinski definition) is 10. The molecule has 18 heteroatoms. The van der Waals surface area contributed by atoms with Crippen molar-refractivity contribution in [3.63, 3.8) is 0 Å². The molecule has 324 valence electrons. The molecule has 1 aromatic heterocycles. The van der Waals surface area contributed by atoms with Gasteiger partial charge in [0.15, 0.2) is 11.7 Å². The maximum atomic E-state index is 14.5. The highest BCUT2D eigenvalue weighted by Gasteiger charge is 2.43. The van der Waals surface area contributed by atoms with Gasteiger partial charge in [0.2, 0.25) is 29.5 Å². The number of nitrogens with one attached hydrogen (secondary N) is 4. The van der Waals surface area contributed by atoms with Gasteiger partial charge in [-0.05, 0) is 88.1 Å². The molecular weight excluding hydrogens is 791 g/mol. The topological polar surface area (TPSA) is 278 Å². The normalized spacial score (nSPS) is 17.8. The SMILES string of the molecule is CC(C)(S)[C@H](NC(=O)[C@H](CCCN=C(N)N)NC(=O)[C@@H](NC(=O)[C@H](Cc1ccc(O)cc1)NC(=O)c1cc2ccccc2o1)C1CCCCC1)C(=O)N1CCC[C@H]1C(N)=O. The number of carbonyl (C=O) groups is 6. The van der Waals surface area contributed by atoms with E-state index in [1.807, 2.05) is 6.07 Å². The molecule has 0 unspecified atom stereocenters. The van der Waals surface area contributed by atoms with Crippen LogP contribution in [-0.4, -0.2) is 99.5 Å². The molecule has 1 aliphatic carbocycles. The first-order valence-electron chi connectivity index (χ1n) is 20.4. The number of carbonyl (C=O) groups excluding carboxylic acids is 6. The number of aliphatic imine (C=N–C) groups is 1. The minimum absolute atomic E-state index is 0.00749. The maximum Gasteiger partial charge on any atom is 0.287 e. The molecule has 0 radical (unpaired) electrons. The molecule has 1 saturated heterocycles. The fraction of sp³-hybridized carbons (Fsp3) is 0.500. The highest BCUT2D eigenvalue weighted by atomic mass is 32.1. The van der Waals surface area contributed by atoms with Gasteiger partial charge in [-0.25, -0.2) is 0 Å². The molecule has 11 N–H and O–H groups in total. The number of phenolic OH excluding ortho intramolecular Hbond substituents is 1. The third-order valence-corrected chi connectivity index (χ3v) is 11.3. The molecule has 6 amide bonds. The molecule has 0 bridgehead atoms. The number of nitrogens with zero attached hydrogens (tertiary/aromatic N) is 2. The zero-order valence-electron chi connectivity index (χ0n) is 34.0. The van der Waals surface area contributed by atoms with E-state index < -0.39 is 70.4 Å². The Balaban J connectivity index is 1.40. The maximum absolute atomic E-state index is 14.5. The third-order valence-electron chi connectivity index (χ3n) is 11.0. The van der Waals surface area contributed by atoms with Crippen LogP contribution >= 0.6 is 12.6 Å². The summed E-state index contributed by atoms with van der Waals surface area (Å²) < 4.78 is 4.66. The van der Waals surface area contributed by atoms with Gasteiger partial charge in [0.05, 0.1) is 0 Å². The summed E-state index contributed by atoms with van der Waals surface area (Å²) in [7, 11) is 0. The Morgan fingerprint density at radius 1 is 0.867 bits per heavy atom. The van der Waals surface area contributed by atoms with Crippen molar-refractivity contribution < 1.29 is 38.3 Å². The molecule has 2 fully saturated rings. The molecule has 1 aliphatic heterocycles. The number of fused-ring (bicyclic) bond motifs is 1. The number of phenols is 1. The van der Waals surface area contributed by atoms with Crippen molar-refractivity contribution in [2.24, 2.45) is 28.1 Å². The molecule has 2 aromatic carbocycles. The number of nitrogens with two attached hydrogens (primary N) is 3. The van der Waals surface area contributed by atoms with E-state index in [2.05, 4.69) is 38.9 Å². The summed E-state index contributed by atoms with van der Waals surface area (Å²) in [5.41, 5.74) is 17.8. The van der Waals surface area contributed by atoms with Gasteiger partial charge in [-0.1, -0.05) is 49.6 Å². The molecule has 2 heterocycles. The van der Waals surface area contributed by atoms with Crippen LogP contribution in [0.3, 0.4) is 0 Å². The van der Waals surface area contributed by atoms with Gasteiger partial charge in [-0.2, -0.15) is 12.6 Å². The van der Waals surface area contributed by atoms with E-state index in [0.717, 1.165) is 19.3 Å². The number of guanidine groups is 1. The smallest absolute Gasteiger partial charge is 0.287 e. The van der Waals surface area contributed by atoms with Crippen molar-refractivity contribution in [1.82, 2.24) is 26.2 Å². The molecular formula is C42H57N9O8S. The first-order chi connectivity index (χ1) is 28.5. The van der Waals surface area contributed by atoms with E-state index in [9.17, 15) is 33.9 Å². The Labute approximate surface area is 354 Å². The van der Waals surface area contributed by atoms with Gasteiger partial charge in [-0.3, -0.25) is 33.8 Å². The minimum atomic E-state index is -1.22. The predicted octanol–water partition coefficient (Wildman–Crippen LogP) is 1.75. The summed E-state index contributed by atoms with van der Waals surface area (Å²) in [5, 5.41) is 21.9. The van der Waals surface area contributed by atoms with Crippen LogP contribution in [0.25, 0.3) is 11.0 Å². The second kappa shape index (κ2) is 20.5. The number of thiol groups is 1. The van der Waals surface area contributed by atoms with Crippen LogP contribution in [0.5, 0.6) is 5.75 Å². The van der Waals surface area contributed by atoms with Crippen molar-refractivity contribution in [3.05, 3.63) is 65.9 Å². The summed E-state index contributed by atoms with van der Waals surface area (Å²) in [6, 6.07) is 9.30. The molecule has 0 spiro atoms. The zero-order valence-corrected chi connectivity index (χ0v) is 34.9. The van der Waals surface area contributed by atoms with Gasteiger partial charge in [0.25, 0.3) is 5.91 Å². The Morgan fingerprint density at radius 2 is 1.55 bits per heavy atom. The van der Waals surface area contributed by atoms with E-state index in [1.165, 1.54) is 17.0 Å². The predicted molar refractivity (Wildman–Crippen MR) is 229 cm³/mol. The molecule has 5 atom stereocenters. The van der Waals surface area contributed by atoms with Gasteiger partial charge in [-0.15, -0.1) is 0 Å². The number of rotatable bonds is 18. The molecule has 2 aliphatic rings. The number of benzene rings is 2. The number of likely N-dealkylation sites (tertiary alicyclic amines) is 1. The number of amides is 6. The second-order valence-corrected chi connectivity index (χ2v) is 17.3. The zero-order chi connectivity index (χ0) is 43.6. The standard InChI is InChI=1S/C42H57N9O8S/c1-42(2,60)34(40(58)51-21-9-14-30(51)35(43)53)50-36(54)28(13-8-20-46-41(44)45)47-39(57)33(25-10-4-3-5-11-25)49-37(55)29(22-24-16-18-27(52)19-17-24)48-38(56)32-23-26-12-6-7-15-31(26)59-32/h6-7,12,15-19,23,25,28-30,33-34,52,60H,3-5,8-11,13-14,20-22H2,1-2H3,(H2,43,53)(H,47,57)(H,48,56)(H,49,55)(H,50,54)(H4,44,45,46)/t28-,29-,30-,33-,34+/m0/s1. The number of para-hydroxylation sites is 1. The fourth-order valence-corrected chi connectivity index (χ4v) is 8.00. The first-order valence-corrected chi connectivity index (χ1v) is 20.8. The summed E-state index contributed by atoms with van der Waals surface area (Å²) >= 11 is 4.64. The summed E-state index contributed by atoms with van der Waals surface area (Å²) in [6.45, 7) is 3.72. The Kier molecular flexibility index (Phi) is 15.5. The third kappa shape index (κ3) is 12.1. The van der Waals surface area contributed by atoms with Gasteiger partial charge < -0.3 is 52.9 Å². The fourth-order valence-electron chi connectivity index (χ4n) is 7.83. The van der Waals surface area contributed by atoms with Crippen molar-refractivity contribution >= 4 is 65.0 Å². The highest BCUT2D eigenvalue weighted by Crippen LogP contribution is 2.28. The number of aromatic hydroxyl groups is 1. The largest absolute Gasteiger partial charge is 0.508 e. The lowest BCUT2D eigenvalue weighted by molar-refractivity contribution is -0.141. The van der Waals surface area contributed by atoms with Crippen molar-refractivity contribution in [2.75, 3.05) is 13.1 Å². The number of furan rings is 1. The average molecular weight is 848 g/mol. The first kappa shape index (κ1) is 45.3. The van der Waals surface area contributed by atoms with Gasteiger partial charge in [0.1, 0.15) is 41.5 Å². The molecule has 60 heavy (non-hydrogen) atoms. The lowest BCUT2D eigenvalue weighted by Gasteiger charge is -2.36. The van der Waals surface area contributed by atoms with E-state index in [-0.39, 0.29) is 55.7 Å². The Morgan fingerprint density at radius 3 is 2.20 bits per heavy atom. The van der Waals surface area contributed by atoms with Crippen LogP contribution in [0.1, 0.15) is 87.8 Å². The Hall–Kier alpha value is -5.78. The Bertz CT molecular complexity index is 2010. The van der Waals surface area contributed by atoms with E-state index in [0.29, 0.717) is 42.2 Å². The summed E-state index contributed by atoms with van der Waals surface area (Å²) in [5.74, 6) is -4.24. The monoisotopic (exact) mass is 847 g/mol. The second-order valence-electron chi connectivity index (χ2n) is 16.1. The molecule has 1 saturated carbocycles. The summed E-state index contributed by atoms with van der Waals surface area (Å²) in [4.78, 5) is 88.1. The van der Waals surface area contributed by atoms with Crippen molar-refractivity contribution in [1.29, 1.82) is 0 Å². The minimum Gasteiger partial charge on any atom is -0.508 e. The molecule has 5 rings (SSSR count). The van der Waals surface area contributed by atoms with Crippen LogP contribution in [0.15, 0.2) is 64.0 Å². The van der Waals surface area contributed by atoms with Crippen LogP contribution in [0, 0.1) is 5.92 Å². The van der Waals surface area contributed by atoms with Gasteiger partial charge >= 0.3 is 0 Å². The van der Waals surface area contributed by atoms with Crippen LogP contribution in [-0.2, 0) is 30.4 Å². The van der Waals surface area contributed by atoms with Crippen LogP contribution < -0.4 is 38.5 Å². The lowest BCUT2D eigenvalue weighted by Crippen LogP contribution is -2.63. The number of primary amides is 1. The van der Waals surface area contributed by atoms with Crippen LogP contribution in [0.4, 0.5) is 0 Å².